The fourth-order valence-corrected chi connectivity index (χ4v) is 5.71. The lowest BCUT2D eigenvalue weighted by Crippen LogP contribution is -2.37. The third-order valence-electron chi connectivity index (χ3n) is 6.08. The van der Waals surface area contributed by atoms with E-state index in [-0.39, 0.29) is 17.5 Å². The first kappa shape index (κ1) is 17.6. The van der Waals surface area contributed by atoms with Crippen LogP contribution in [0.15, 0.2) is 35.1 Å². The smallest absolute Gasteiger partial charge is 0.263 e. The number of hydrogen-bond donors (Lipinski definition) is 0. The first-order valence-electron chi connectivity index (χ1n) is 10.0. The van der Waals surface area contributed by atoms with E-state index in [1.807, 2.05) is 29.2 Å². The number of pyridine rings is 1. The van der Waals surface area contributed by atoms with Crippen molar-refractivity contribution >= 4 is 27.5 Å². The predicted molar refractivity (Wildman–Crippen MR) is 111 cm³/mol. The quantitative estimate of drug-likeness (QED) is 0.664. The van der Waals surface area contributed by atoms with Crippen LogP contribution in [-0.2, 0) is 19.9 Å². The van der Waals surface area contributed by atoms with Crippen LogP contribution in [0.3, 0.4) is 0 Å². The number of carbonyl (C=O) groups excluding carboxylic acids is 1. The van der Waals surface area contributed by atoms with Gasteiger partial charge in [-0.05, 0) is 62.3 Å². The number of para-hydroxylation sites is 1. The molecule has 1 aliphatic heterocycles. The molecular weight excluding hydrogens is 370 g/mol. The van der Waals surface area contributed by atoms with Crippen LogP contribution in [0.25, 0.3) is 10.2 Å². The molecule has 5 rings (SSSR count). The summed E-state index contributed by atoms with van der Waals surface area (Å²) < 4.78 is 2.84. The van der Waals surface area contributed by atoms with Crippen molar-refractivity contribution in [2.24, 2.45) is 7.05 Å². The van der Waals surface area contributed by atoms with Crippen molar-refractivity contribution in [3.8, 4) is 0 Å². The maximum absolute atomic E-state index is 13.4. The lowest BCUT2D eigenvalue weighted by molar-refractivity contribution is 0.0733. The zero-order chi connectivity index (χ0) is 19.3. The highest BCUT2D eigenvalue weighted by Crippen LogP contribution is 2.37. The molecule has 2 aromatic heterocycles. The minimum absolute atomic E-state index is 0.0364. The highest BCUT2D eigenvalue weighted by molar-refractivity contribution is 7.18. The van der Waals surface area contributed by atoms with Gasteiger partial charge < -0.3 is 9.47 Å². The molecule has 0 saturated carbocycles. The topological polar surface area (TPSA) is 55.2 Å². The van der Waals surface area contributed by atoms with Gasteiger partial charge in [0.05, 0.1) is 16.3 Å². The summed E-state index contributed by atoms with van der Waals surface area (Å²) in [7, 11) is 1.80. The van der Waals surface area contributed by atoms with Crippen molar-refractivity contribution < 1.29 is 4.79 Å². The Labute approximate surface area is 167 Å². The van der Waals surface area contributed by atoms with Gasteiger partial charge in [-0.15, -0.1) is 11.3 Å². The molecule has 3 heterocycles. The van der Waals surface area contributed by atoms with E-state index in [9.17, 15) is 9.59 Å². The second-order valence-corrected chi connectivity index (χ2v) is 8.84. The number of benzene rings is 1. The van der Waals surface area contributed by atoms with E-state index in [4.69, 9.17) is 4.98 Å². The van der Waals surface area contributed by atoms with Crippen LogP contribution in [0.5, 0.6) is 0 Å². The maximum atomic E-state index is 13.4. The summed E-state index contributed by atoms with van der Waals surface area (Å²) in [6, 6.07) is 9.91. The SMILES string of the molecule is Cn1c2c(cc(C(=O)N3CCC[C@H]3c3nc4ccccc4s3)c1=O)CCCC2. The van der Waals surface area contributed by atoms with Crippen LogP contribution in [0.2, 0.25) is 0 Å². The molecule has 1 amide bonds. The summed E-state index contributed by atoms with van der Waals surface area (Å²) in [6.45, 7) is 0.680. The fourth-order valence-electron chi connectivity index (χ4n) is 4.60. The summed E-state index contributed by atoms with van der Waals surface area (Å²) in [5, 5.41) is 0.974. The monoisotopic (exact) mass is 393 g/mol. The van der Waals surface area contributed by atoms with Gasteiger partial charge in [0, 0.05) is 19.3 Å². The standard InChI is InChI=1S/C22H23N3O2S/c1-24-17-9-4-2-7-14(17)13-15(21(24)26)22(27)25-12-6-10-18(25)20-23-16-8-3-5-11-19(16)28-20/h3,5,8,11,13,18H,2,4,6-7,9-10,12H2,1H3/t18-/m0/s1. The van der Waals surface area contributed by atoms with Gasteiger partial charge in [-0.25, -0.2) is 4.98 Å². The first-order chi connectivity index (χ1) is 13.6. The number of amides is 1. The van der Waals surface area contributed by atoms with E-state index < -0.39 is 0 Å². The molecule has 0 N–H and O–H groups in total. The molecule has 6 heteroatoms. The third-order valence-corrected chi connectivity index (χ3v) is 7.22. The summed E-state index contributed by atoms with van der Waals surface area (Å²) in [6.07, 6.45) is 5.95. The Kier molecular flexibility index (Phi) is 4.31. The second kappa shape index (κ2) is 6.85. The lowest BCUT2D eigenvalue weighted by atomic mass is 9.94. The molecule has 0 unspecified atom stereocenters. The number of rotatable bonds is 2. The van der Waals surface area contributed by atoms with Gasteiger partial charge in [0.1, 0.15) is 10.6 Å². The van der Waals surface area contributed by atoms with E-state index in [1.54, 1.807) is 23.0 Å². The van der Waals surface area contributed by atoms with Gasteiger partial charge in [-0.1, -0.05) is 12.1 Å². The van der Waals surface area contributed by atoms with E-state index in [1.165, 1.54) is 0 Å². The highest BCUT2D eigenvalue weighted by atomic mass is 32.1. The Morgan fingerprint density at radius 2 is 2.00 bits per heavy atom. The van der Waals surface area contributed by atoms with Crippen LogP contribution in [0, 0.1) is 0 Å². The van der Waals surface area contributed by atoms with Crippen molar-refractivity contribution in [3.05, 3.63) is 62.5 Å². The zero-order valence-corrected chi connectivity index (χ0v) is 16.8. The largest absolute Gasteiger partial charge is 0.329 e. The van der Waals surface area contributed by atoms with Gasteiger partial charge in [0.15, 0.2) is 0 Å². The molecule has 1 aromatic carbocycles. The van der Waals surface area contributed by atoms with Crippen LogP contribution < -0.4 is 5.56 Å². The lowest BCUT2D eigenvalue weighted by Gasteiger charge is -2.25. The van der Waals surface area contributed by atoms with Crippen molar-refractivity contribution in [3.63, 3.8) is 0 Å². The predicted octanol–water partition coefficient (Wildman–Crippen LogP) is 3.85. The van der Waals surface area contributed by atoms with Crippen molar-refractivity contribution in [2.75, 3.05) is 6.54 Å². The molecule has 1 atom stereocenters. The molecule has 5 nitrogen and oxygen atoms in total. The summed E-state index contributed by atoms with van der Waals surface area (Å²) in [4.78, 5) is 33.0. The van der Waals surface area contributed by atoms with Gasteiger partial charge in [0.2, 0.25) is 0 Å². The maximum Gasteiger partial charge on any atom is 0.263 e. The number of aromatic nitrogens is 2. The second-order valence-electron chi connectivity index (χ2n) is 7.78. The molecule has 0 radical (unpaired) electrons. The number of carbonyl (C=O) groups is 1. The number of nitrogens with zero attached hydrogens (tertiary/aromatic N) is 3. The van der Waals surface area contributed by atoms with Crippen LogP contribution in [-0.4, -0.2) is 26.9 Å². The Hall–Kier alpha value is -2.47. The molecule has 0 spiro atoms. The average molecular weight is 394 g/mol. The van der Waals surface area contributed by atoms with Gasteiger partial charge >= 0.3 is 0 Å². The summed E-state index contributed by atoms with van der Waals surface area (Å²) in [5.74, 6) is -0.143. The van der Waals surface area contributed by atoms with E-state index in [0.717, 1.165) is 65.0 Å². The molecule has 144 valence electrons. The molecule has 1 saturated heterocycles. The number of fused-ring (bicyclic) bond motifs is 2. The van der Waals surface area contributed by atoms with Gasteiger partial charge in [-0.3, -0.25) is 9.59 Å². The van der Waals surface area contributed by atoms with Crippen molar-refractivity contribution in [2.45, 2.75) is 44.6 Å². The molecule has 1 aliphatic carbocycles. The van der Waals surface area contributed by atoms with E-state index in [0.29, 0.717) is 12.1 Å². The number of likely N-dealkylation sites (tertiary alicyclic amines) is 1. The summed E-state index contributed by atoms with van der Waals surface area (Å²) in [5.41, 5.74) is 3.38. The minimum Gasteiger partial charge on any atom is -0.329 e. The third kappa shape index (κ3) is 2.78. The normalized spacial score (nSPS) is 19.2. The average Bonchev–Trinajstić information content (AvgIpc) is 3.36. The van der Waals surface area contributed by atoms with E-state index in [2.05, 4.69) is 6.07 Å². The Bertz CT molecular complexity index is 1100. The summed E-state index contributed by atoms with van der Waals surface area (Å²) >= 11 is 1.65. The van der Waals surface area contributed by atoms with Crippen LogP contribution >= 0.6 is 11.3 Å². The zero-order valence-electron chi connectivity index (χ0n) is 16.0. The Morgan fingerprint density at radius 1 is 1.18 bits per heavy atom. The van der Waals surface area contributed by atoms with Crippen molar-refractivity contribution in [1.29, 1.82) is 0 Å². The Morgan fingerprint density at radius 3 is 2.86 bits per heavy atom. The molecule has 3 aromatic rings. The number of thiazole rings is 1. The Balaban J connectivity index is 1.52. The molecule has 1 fully saturated rings. The van der Waals surface area contributed by atoms with Gasteiger partial charge in [0.25, 0.3) is 11.5 Å². The first-order valence-corrected chi connectivity index (χ1v) is 10.8. The molecular formula is C22H23N3O2S. The molecule has 0 bridgehead atoms. The fraction of sp³-hybridized carbons (Fsp3) is 0.409. The number of aryl methyl sites for hydroxylation is 1. The molecule has 2 aliphatic rings. The molecule has 28 heavy (non-hydrogen) atoms. The van der Waals surface area contributed by atoms with Crippen molar-refractivity contribution in [1.82, 2.24) is 14.5 Å². The van der Waals surface area contributed by atoms with Crippen LogP contribution in [0.4, 0.5) is 0 Å². The number of hydrogen-bond acceptors (Lipinski definition) is 4. The van der Waals surface area contributed by atoms with Crippen LogP contribution in [0.1, 0.15) is 58.3 Å². The van der Waals surface area contributed by atoms with E-state index >= 15 is 0 Å². The van der Waals surface area contributed by atoms with Gasteiger partial charge in [-0.2, -0.15) is 0 Å². The minimum atomic E-state index is -0.166. The highest BCUT2D eigenvalue weighted by Gasteiger charge is 2.34.